The highest BCUT2D eigenvalue weighted by Crippen LogP contribution is 2.40. The first kappa shape index (κ1) is 16.8. The van der Waals surface area contributed by atoms with Gasteiger partial charge in [-0.05, 0) is 47.2 Å². The number of carbonyl (C=O) groups is 2. The van der Waals surface area contributed by atoms with E-state index >= 15 is 0 Å². The third-order valence-corrected chi connectivity index (χ3v) is 4.82. The predicted molar refractivity (Wildman–Crippen MR) is 96.4 cm³/mol. The van der Waals surface area contributed by atoms with Crippen LogP contribution in [0.25, 0.3) is 0 Å². The van der Waals surface area contributed by atoms with Gasteiger partial charge in [-0.15, -0.1) is 0 Å². The molecular weight excluding hydrogens is 421 g/mol. The van der Waals surface area contributed by atoms with Crippen molar-refractivity contribution >= 4 is 34.7 Å². The second kappa shape index (κ2) is 6.43. The van der Waals surface area contributed by atoms with Gasteiger partial charge in [0.25, 0.3) is 0 Å². The number of hydrogen-bond acceptors (Lipinski definition) is 3. The molecule has 5 nitrogen and oxygen atoms in total. The highest BCUT2D eigenvalue weighted by atomic mass is 127. The van der Waals surface area contributed by atoms with Crippen molar-refractivity contribution in [1.29, 1.82) is 0 Å². The number of rotatable bonds is 3. The molecule has 1 saturated heterocycles. The summed E-state index contributed by atoms with van der Waals surface area (Å²) >= 11 is 2.19. The van der Waals surface area contributed by atoms with Crippen LogP contribution in [0.1, 0.15) is 24.3 Å². The smallest absolute Gasteiger partial charge is 0.411 e. The predicted octanol–water partition coefficient (Wildman–Crippen LogP) is 3.83. The topological polar surface area (TPSA) is 66.8 Å². The summed E-state index contributed by atoms with van der Waals surface area (Å²) < 4.78 is 6.47. The van der Waals surface area contributed by atoms with Crippen molar-refractivity contribution in [2.45, 2.75) is 25.1 Å². The quantitative estimate of drug-likeness (QED) is 0.586. The Kier molecular flexibility index (Phi) is 4.49. The number of nitrogens with zero attached hydrogens (tertiary/aromatic N) is 1. The molecule has 1 N–H and O–H groups in total. The third kappa shape index (κ3) is 2.98. The summed E-state index contributed by atoms with van der Waals surface area (Å²) in [7, 11) is 0. The summed E-state index contributed by atoms with van der Waals surface area (Å²) in [6.07, 6.45) is -1.84. The molecule has 0 spiro atoms. The molecule has 0 aliphatic carbocycles. The van der Waals surface area contributed by atoms with Gasteiger partial charge in [0, 0.05) is 15.6 Å². The van der Waals surface area contributed by atoms with E-state index in [1.54, 1.807) is 31.2 Å². The lowest BCUT2D eigenvalue weighted by atomic mass is 9.91. The van der Waals surface area contributed by atoms with Crippen molar-refractivity contribution in [2.75, 3.05) is 0 Å². The molecule has 1 fully saturated rings. The van der Waals surface area contributed by atoms with E-state index in [4.69, 9.17) is 4.74 Å². The highest BCUT2D eigenvalue weighted by molar-refractivity contribution is 14.1. The van der Waals surface area contributed by atoms with E-state index < -0.39 is 23.8 Å². The largest absolute Gasteiger partial charge is 0.465 e. The van der Waals surface area contributed by atoms with Crippen LogP contribution in [0.5, 0.6) is 0 Å². The Balaban J connectivity index is 1.99. The number of benzene rings is 2. The lowest BCUT2D eigenvalue weighted by molar-refractivity contribution is -0.145. The zero-order valence-electron chi connectivity index (χ0n) is 13.0. The van der Waals surface area contributed by atoms with Crippen molar-refractivity contribution in [1.82, 2.24) is 4.90 Å². The average molecular weight is 437 g/mol. The van der Waals surface area contributed by atoms with Gasteiger partial charge >= 0.3 is 12.1 Å². The van der Waals surface area contributed by atoms with Gasteiger partial charge in [-0.2, -0.15) is 0 Å². The van der Waals surface area contributed by atoms with Crippen LogP contribution in [0.4, 0.5) is 4.79 Å². The molecule has 2 aromatic rings. The molecule has 1 heterocycles. The molecule has 124 valence electrons. The van der Waals surface area contributed by atoms with Gasteiger partial charge in [0.05, 0.1) is 0 Å². The Bertz CT molecular complexity index is 780. The van der Waals surface area contributed by atoms with E-state index in [0.717, 1.165) is 14.0 Å². The molecule has 0 unspecified atom stereocenters. The van der Waals surface area contributed by atoms with E-state index in [9.17, 15) is 14.7 Å². The standard InChI is InChI=1S/C18H16INO4/c1-18(11-12-6-5-9-14(19)10-12)16(21)24-15(20(18)17(22)23)13-7-3-2-4-8-13/h2-10,15H,11H2,1H3,(H,22,23)/t15-,18+/m0/s1. The fourth-order valence-electron chi connectivity index (χ4n) is 2.99. The van der Waals surface area contributed by atoms with Gasteiger partial charge in [0.1, 0.15) is 5.54 Å². The minimum atomic E-state index is -1.27. The zero-order chi connectivity index (χ0) is 17.3. The lowest BCUT2D eigenvalue weighted by Crippen LogP contribution is -2.50. The summed E-state index contributed by atoms with van der Waals surface area (Å²) in [5, 5.41) is 9.72. The Hall–Kier alpha value is -2.09. The molecule has 0 bridgehead atoms. The number of ether oxygens (including phenoxy) is 1. The van der Waals surface area contributed by atoms with Crippen LogP contribution < -0.4 is 0 Å². The van der Waals surface area contributed by atoms with Gasteiger partial charge in [-0.1, -0.05) is 42.5 Å². The van der Waals surface area contributed by atoms with Crippen molar-refractivity contribution < 1.29 is 19.4 Å². The van der Waals surface area contributed by atoms with Gasteiger partial charge in [0.2, 0.25) is 6.23 Å². The first-order valence-corrected chi connectivity index (χ1v) is 8.52. The third-order valence-electron chi connectivity index (χ3n) is 4.15. The van der Waals surface area contributed by atoms with Crippen LogP contribution in [0.2, 0.25) is 0 Å². The van der Waals surface area contributed by atoms with Gasteiger partial charge in [-0.25, -0.2) is 9.59 Å². The Labute approximate surface area is 153 Å². The minimum absolute atomic E-state index is 0.262. The number of carbonyl (C=O) groups excluding carboxylic acids is 1. The van der Waals surface area contributed by atoms with E-state index in [2.05, 4.69) is 22.6 Å². The number of carboxylic acid groups (broad SMARTS) is 1. The number of cyclic esters (lactones) is 1. The monoisotopic (exact) mass is 437 g/mol. The van der Waals surface area contributed by atoms with E-state index in [0.29, 0.717) is 5.56 Å². The van der Waals surface area contributed by atoms with Crippen LogP contribution in [-0.4, -0.2) is 27.6 Å². The second-order valence-corrected chi connectivity index (χ2v) is 7.15. The first-order valence-electron chi connectivity index (χ1n) is 7.44. The van der Waals surface area contributed by atoms with E-state index in [-0.39, 0.29) is 6.42 Å². The van der Waals surface area contributed by atoms with Crippen molar-refractivity contribution in [2.24, 2.45) is 0 Å². The molecule has 3 rings (SSSR count). The average Bonchev–Trinajstić information content (AvgIpc) is 2.80. The van der Waals surface area contributed by atoms with Crippen LogP contribution >= 0.6 is 22.6 Å². The molecule has 0 radical (unpaired) electrons. The number of esters is 1. The van der Waals surface area contributed by atoms with E-state index in [1.807, 2.05) is 30.3 Å². The summed E-state index contributed by atoms with van der Waals surface area (Å²) in [5.41, 5.74) is 0.262. The van der Waals surface area contributed by atoms with Crippen molar-refractivity contribution in [3.63, 3.8) is 0 Å². The molecule has 2 aromatic carbocycles. The van der Waals surface area contributed by atoms with Gasteiger partial charge < -0.3 is 9.84 Å². The second-order valence-electron chi connectivity index (χ2n) is 5.90. The van der Waals surface area contributed by atoms with Crippen LogP contribution in [0.3, 0.4) is 0 Å². The van der Waals surface area contributed by atoms with Crippen molar-refractivity contribution in [3.05, 3.63) is 69.3 Å². The maximum Gasteiger partial charge on any atom is 0.411 e. The number of amides is 1. The molecule has 24 heavy (non-hydrogen) atoms. The van der Waals surface area contributed by atoms with Crippen LogP contribution in [0, 0.1) is 3.57 Å². The maximum absolute atomic E-state index is 12.6. The Morgan fingerprint density at radius 2 is 1.96 bits per heavy atom. The molecule has 1 amide bonds. The minimum Gasteiger partial charge on any atom is -0.465 e. The lowest BCUT2D eigenvalue weighted by Gasteiger charge is -2.31. The SMILES string of the molecule is C[C@@]1(Cc2cccc(I)c2)C(=O)O[C@@H](c2ccccc2)N1C(=O)O. The van der Waals surface area contributed by atoms with Gasteiger partial charge in [0.15, 0.2) is 0 Å². The van der Waals surface area contributed by atoms with E-state index in [1.165, 1.54) is 0 Å². The molecule has 1 aliphatic rings. The molecule has 6 heteroatoms. The molecule has 0 aromatic heterocycles. The molecule has 1 aliphatic heterocycles. The van der Waals surface area contributed by atoms with Crippen LogP contribution in [-0.2, 0) is 16.0 Å². The Morgan fingerprint density at radius 3 is 2.58 bits per heavy atom. The summed E-state index contributed by atoms with van der Waals surface area (Å²) in [4.78, 5) is 25.6. The molecule has 2 atom stereocenters. The maximum atomic E-state index is 12.6. The Morgan fingerprint density at radius 1 is 1.25 bits per heavy atom. The summed E-state index contributed by atoms with van der Waals surface area (Å²) in [5.74, 6) is -0.530. The fraction of sp³-hybridized carbons (Fsp3) is 0.222. The van der Waals surface area contributed by atoms with Gasteiger partial charge in [-0.3, -0.25) is 4.90 Å². The summed E-state index contributed by atoms with van der Waals surface area (Å²) in [6.45, 7) is 1.62. The zero-order valence-corrected chi connectivity index (χ0v) is 15.1. The van der Waals surface area contributed by atoms with Crippen molar-refractivity contribution in [3.8, 4) is 0 Å². The normalized spacial score (nSPS) is 23.2. The molecule has 0 saturated carbocycles. The number of halogens is 1. The van der Waals surface area contributed by atoms with Crippen LogP contribution in [0.15, 0.2) is 54.6 Å². The fourth-order valence-corrected chi connectivity index (χ4v) is 3.59. The number of hydrogen-bond donors (Lipinski definition) is 1. The molecular formula is C18H16INO4. The highest BCUT2D eigenvalue weighted by Gasteiger charge is 2.55. The summed E-state index contributed by atoms with van der Waals surface area (Å²) in [6, 6.07) is 16.6. The first-order chi connectivity index (χ1) is 11.4.